The summed E-state index contributed by atoms with van der Waals surface area (Å²) in [5.41, 5.74) is 3.13. The molecule has 2 aromatic carbocycles. The molecule has 0 saturated carbocycles. The summed E-state index contributed by atoms with van der Waals surface area (Å²) in [4.78, 5) is 14.7. The van der Waals surface area contributed by atoms with E-state index in [1.807, 2.05) is 41.3 Å². The van der Waals surface area contributed by atoms with E-state index in [4.69, 9.17) is 9.47 Å². The Morgan fingerprint density at radius 2 is 2.00 bits per heavy atom. The van der Waals surface area contributed by atoms with Gasteiger partial charge in [0.25, 0.3) is 5.91 Å². The van der Waals surface area contributed by atoms with Gasteiger partial charge in [-0.25, -0.2) is 0 Å². The summed E-state index contributed by atoms with van der Waals surface area (Å²) in [6.45, 7) is 2.60. The summed E-state index contributed by atoms with van der Waals surface area (Å²) in [5, 5.41) is 0. The maximum absolute atomic E-state index is 12.8. The predicted octanol–water partition coefficient (Wildman–Crippen LogP) is 2.71. The van der Waals surface area contributed by atoms with Crippen LogP contribution in [0.5, 0.6) is 5.75 Å². The van der Waals surface area contributed by atoms with Crippen LogP contribution in [0.3, 0.4) is 0 Å². The van der Waals surface area contributed by atoms with E-state index >= 15 is 0 Å². The summed E-state index contributed by atoms with van der Waals surface area (Å²) in [5.74, 6) is 1.00. The first-order valence-electron chi connectivity index (χ1n) is 8.50. The zero-order chi connectivity index (χ0) is 16.4. The Kier molecular flexibility index (Phi) is 4.22. The number of rotatable bonds is 3. The van der Waals surface area contributed by atoms with Gasteiger partial charge >= 0.3 is 0 Å². The van der Waals surface area contributed by atoms with Gasteiger partial charge < -0.3 is 14.4 Å². The van der Waals surface area contributed by atoms with Gasteiger partial charge in [0.15, 0.2) is 0 Å². The summed E-state index contributed by atoms with van der Waals surface area (Å²) in [7, 11) is 0. The third-order valence-corrected chi connectivity index (χ3v) is 4.67. The maximum atomic E-state index is 12.8. The van der Waals surface area contributed by atoms with Gasteiger partial charge in [-0.3, -0.25) is 4.79 Å². The van der Waals surface area contributed by atoms with Crippen LogP contribution in [0, 0.1) is 0 Å². The Hall–Kier alpha value is -2.33. The average molecular weight is 323 g/mol. The molecule has 2 aromatic rings. The first-order valence-corrected chi connectivity index (χ1v) is 8.50. The minimum absolute atomic E-state index is 0.0582. The molecular weight excluding hydrogens is 302 g/mol. The standard InChI is InChI=1S/C20H21NO3/c22-20(17-6-7-19-16(13-17)8-10-24-19)21-9-11-23-18(14-21)12-15-4-2-1-3-5-15/h1-7,13,18H,8-12,14H2. The Balaban J connectivity index is 1.44. The quantitative estimate of drug-likeness (QED) is 0.872. The van der Waals surface area contributed by atoms with E-state index in [1.54, 1.807) is 0 Å². The van der Waals surface area contributed by atoms with Crippen LogP contribution in [-0.2, 0) is 17.6 Å². The molecule has 0 aromatic heterocycles. The second kappa shape index (κ2) is 6.65. The molecule has 0 spiro atoms. The normalized spacial score (nSPS) is 19.7. The average Bonchev–Trinajstić information content (AvgIpc) is 3.10. The van der Waals surface area contributed by atoms with Crippen molar-refractivity contribution in [3.63, 3.8) is 0 Å². The summed E-state index contributed by atoms with van der Waals surface area (Å²) >= 11 is 0. The third kappa shape index (κ3) is 3.15. The van der Waals surface area contributed by atoms with Crippen LogP contribution in [0.1, 0.15) is 21.5 Å². The van der Waals surface area contributed by atoms with E-state index in [0.29, 0.717) is 26.3 Å². The molecule has 4 heteroatoms. The fraction of sp³-hybridized carbons (Fsp3) is 0.350. The molecule has 2 aliphatic heterocycles. The molecule has 4 nitrogen and oxygen atoms in total. The van der Waals surface area contributed by atoms with Crippen LogP contribution in [0.25, 0.3) is 0 Å². The van der Waals surface area contributed by atoms with E-state index < -0.39 is 0 Å². The van der Waals surface area contributed by atoms with Crippen molar-refractivity contribution >= 4 is 5.91 Å². The molecule has 2 aliphatic rings. The van der Waals surface area contributed by atoms with Crippen LogP contribution in [-0.4, -0.2) is 43.2 Å². The molecule has 0 radical (unpaired) electrons. The Labute approximate surface area is 142 Å². The summed E-state index contributed by atoms with van der Waals surface area (Å²) < 4.78 is 11.4. The molecule has 0 N–H and O–H groups in total. The SMILES string of the molecule is O=C(c1ccc2c(c1)CCO2)N1CCOC(Cc2ccccc2)C1. The minimum atomic E-state index is 0.0582. The lowest BCUT2D eigenvalue weighted by Crippen LogP contribution is -2.46. The number of ether oxygens (including phenoxy) is 2. The molecule has 1 fully saturated rings. The number of amides is 1. The van der Waals surface area contributed by atoms with Crippen molar-refractivity contribution in [2.24, 2.45) is 0 Å². The maximum Gasteiger partial charge on any atom is 0.254 e. The van der Waals surface area contributed by atoms with Crippen molar-refractivity contribution in [1.82, 2.24) is 4.90 Å². The number of hydrogen-bond donors (Lipinski definition) is 0. The number of fused-ring (bicyclic) bond motifs is 1. The van der Waals surface area contributed by atoms with Gasteiger partial charge in [-0.2, -0.15) is 0 Å². The third-order valence-electron chi connectivity index (χ3n) is 4.67. The molecule has 0 aliphatic carbocycles. The van der Waals surface area contributed by atoms with E-state index in [9.17, 15) is 4.79 Å². The fourth-order valence-corrected chi connectivity index (χ4v) is 3.41. The number of carbonyl (C=O) groups is 1. The smallest absolute Gasteiger partial charge is 0.254 e. The van der Waals surface area contributed by atoms with Crippen molar-refractivity contribution in [2.75, 3.05) is 26.3 Å². The van der Waals surface area contributed by atoms with Crippen LogP contribution in [0.15, 0.2) is 48.5 Å². The van der Waals surface area contributed by atoms with E-state index in [0.717, 1.165) is 29.7 Å². The summed E-state index contributed by atoms with van der Waals surface area (Å²) in [6, 6.07) is 16.0. The Morgan fingerprint density at radius 1 is 1.12 bits per heavy atom. The molecule has 0 bridgehead atoms. The number of morpholine rings is 1. The topological polar surface area (TPSA) is 38.8 Å². The van der Waals surface area contributed by atoms with Gasteiger partial charge in [-0.05, 0) is 29.3 Å². The lowest BCUT2D eigenvalue weighted by Gasteiger charge is -2.33. The number of nitrogens with zero attached hydrogens (tertiary/aromatic N) is 1. The first-order chi connectivity index (χ1) is 11.8. The number of benzene rings is 2. The second-order valence-corrected chi connectivity index (χ2v) is 6.35. The molecule has 1 amide bonds. The van der Waals surface area contributed by atoms with Crippen molar-refractivity contribution in [1.29, 1.82) is 0 Å². The van der Waals surface area contributed by atoms with E-state index in [1.165, 1.54) is 5.56 Å². The zero-order valence-corrected chi connectivity index (χ0v) is 13.6. The fourth-order valence-electron chi connectivity index (χ4n) is 3.41. The van der Waals surface area contributed by atoms with Crippen LogP contribution < -0.4 is 4.74 Å². The molecule has 124 valence electrons. The Morgan fingerprint density at radius 3 is 2.88 bits per heavy atom. The zero-order valence-electron chi connectivity index (χ0n) is 13.6. The predicted molar refractivity (Wildman–Crippen MR) is 91.4 cm³/mol. The second-order valence-electron chi connectivity index (χ2n) is 6.35. The highest BCUT2D eigenvalue weighted by Crippen LogP contribution is 2.26. The van der Waals surface area contributed by atoms with Gasteiger partial charge in [0.2, 0.25) is 0 Å². The number of hydrogen-bond acceptors (Lipinski definition) is 3. The molecule has 1 saturated heterocycles. The molecule has 4 rings (SSSR count). The lowest BCUT2D eigenvalue weighted by molar-refractivity contribution is -0.0208. The van der Waals surface area contributed by atoms with Crippen molar-refractivity contribution in [2.45, 2.75) is 18.9 Å². The molecule has 1 unspecified atom stereocenters. The molecule has 2 heterocycles. The van der Waals surface area contributed by atoms with Crippen LogP contribution >= 0.6 is 0 Å². The number of carbonyl (C=O) groups excluding carboxylic acids is 1. The van der Waals surface area contributed by atoms with E-state index in [2.05, 4.69) is 12.1 Å². The molecule has 1 atom stereocenters. The Bertz CT molecular complexity index is 729. The van der Waals surface area contributed by atoms with Crippen LogP contribution in [0.4, 0.5) is 0 Å². The monoisotopic (exact) mass is 323 g/mol. The first kappa shape index (κ1) is 15.2. The molecule has 24 heavy (non-hydrogen) atoms. The highest BCUT2D eigenvalue weighted by molar-refractivity contribution is 5.94. The van der Waals surface area contributed by atoms with Gasteiger partial charge in [0, 0.05) is 31.5 Å². The molecular formula is C20H21NO3. The van der Waals surface area contributed by atoms with Gasteiger partial charge in [0.05, 0.1) is 19.3 Å². The van der Waals surface area contributed by atoms with Crippen molar-refractivity contribution in [3.05, 3.63) is 65.2 Å². The minimum Gasteiger partial charge on any atom is -0.493 e. The summed E-state index contributed by atoms with van der Waals surface area (Å²) in [6.07, 6.45) is 1.78. The highest BCUT2D eigenvalue weighted by Gasteiger charge is 2.26. The lowest BCUT2D eigenvalue weighted by atomic mass is 10.0. The van der Waals surface area contributed by atoms with Crippen molar-refractivity contribution in [3.8, 4) is 5.75 Å². The highest BCUT2D eigenvalue weighted by atomic mass is 16.5. The van der Waals surface area contributed by atoms with Crippen molar-refractivity contribution < 1.29 is 14.3 Å². The van der Waals surface area contributed by atoms with Gasteiger partial charge in [-0.1, -0.05) is 30.3 Å². The van der Waals surface area contributed by atoms with Gasteiger partial charge in [0.1, 0.15) is 5.75 Å². The van der Waals surface area contributed by atoms with Gasteiger partial charge in [-0.15, -0.1) is 0 Å². The van der Waals surface area contributed by atoms with E-state index in [-0.39, 0.29) is 12.0 Å². The van der Waals surface area contributed by atoms with Crippen LogP contribution in [0.2, 0.25) is 0 Å². The largest absolute Gasteiger partial charge is 0.493 e.